The Morgan fingerprint density at radius 3 is 2.60 bits per heavy atom. The molecule has 80 valence electrons. The number of hydrogen-bond donors (Lipinski definition) is 1. The molecule has 1 atom stereocenters. The molecule has 0 amide bonds. The zero-order valence-corrected chi connectivity index (χ0v) is 8.77. The van der Waals surface area contributed by atoms with E-state index >= 15 is 0 Å². The highest BCUT2D eigenvalue weighted by atomic mass is 16.5. The predicted octanol–water partition coefficient (Wildman–Crippen LogP) is 1.29. The van der Waals surface area contributed by atoms with E-state index in [0.29, 0.717) is 6.42 Å². The highest BCUT2D eigenvalue weighted by molar-refractivity contribution is 5.83. The van der Waals surface area contributed by atoms with Crippen molar-refractivity contribution in [3.63, 3.8) is 0 Å². The molecule has 0 saturated heterocycles. The van der Waals surface area contributed by atoms with Gasteiger partial charge in [-0.05, 0) is 5.56 Å². The summed E-state index contributed by atoms with van der Waals surface area (Å²) in [4.78, 5) is 11.5. The maximum absolute atomic E-state index is 11.5. The molecule has 0 aliphatic carbocycles. The van der Waals surface area contributed by atoms with E-state index in [9.17, 15) is 4.79 Å². The first kappa shape index (κ1) is 11.5. The van der Waals surface area contributed by atoms with Crippen LogP contribution in [0.25, 0.3) is 0 Å². The number of esters is 1. The lowest BCUT2D eigenvalue weighted by molar-refractivity contribution is -0.145. The molecule has 0 heterocycles. The highest BCUT2D eigenvalue weighted by Crippen LogP contribution is 2.13. The second-order valence-corrected chi connectivity index (χ2v) is 3.40. The highest BCUT2D eigenvalue weighted by Gasteiger charge is 2.31. The van der Waals surface area contributed by atoms with Crippen molar-refractivity contribution >= 4 is 5.97 Å². The van der Waals surface area contributed by atoms with Gasteiger partial charge in [-0.1, -0.05) is 36.4 Å². The van der Waals surface area contributed by atoms with Crippen LogP contribution in [0.4, 0.5) is 0 Å². The summed E-state index contributed by atoms with van der Waals surface area (Å²) >= 11 is 0. The molecule has 0 aliphatic rings. The Balaban J connectivity index is 2.86. The van der Waals surface area contributed by atoms with Crippen LogP contribution in [0.15, 0.2) is 43.0 Å². The maximum Gasteiger partial charge on any atom is 0.330 e. The Labute approximate surface area is 89.5 Å². The molecule has 0 radical (unpaired) electrons. The largest absolute Gasteiger partial charge is 0.467 e. The van der Waals surface area contributed by atoms with Crippen LogP contribution in [0.2, 0.25) is 0 Å². The molecular weight excluding hydrogens is 190 g/mol. The normalized spacial score (nSPS) is 14.0. The molecule has 0 aliphatic heterocycles. The molecule has 1 aromatic rings. The van der Waals surface area contributed by atoms with Gasteiger partial charge in [0.25, 0.3) is 0 Å². The van der Waals surface area contributed by atoms with Gasteiger partial charge in [0, 0.05) is 6.42 Å². The van der Waals surface area contributed by atoms with Crippen LogP contribution >= 0.6 is 0 Å². The van der Waals surface area contributed by atoms with Crippen LogP contribution in [0.1, 0.15) is 5.56 Å². The minimum Gasteiger partial charge on any atom is -0.467 e. The SMILES string of the molecule is C=C[C@@](N)(Cc1ccccc1)C(=O)OC. The van der Waals surface area contributed by atoms with E-state index in [4.69, 9.17) is 5.73 Å². The molecule has 3 heteroatoms. The quantitative estimate of drug-likeness (QED) is 0.595. The monoisotopic (exact) mass is 205 g/mol. The molecule has 1 rings (SSSR count). The van der Waals surface area contributed by atoms with Gasteiger partial charge >= 0.3 is 5.97 Å². The van der Waals surface area contributed by atoms with Crippen LogP contribution in [-0.4, -0.2) is 18.6 Å². The zero-order chi connectivity index (χ0) is 11.3. The molecule has 2 N–H and O–H groups in total. The van der Waals surface area contributed by atoms with Crippen molar-refractivity contribution in [3.05, 3.63) is 48.6 Å². The number of benzene rings is 1. The third kappa shape index (κ3) is 2.67. The van der Waals surface area contributed by atoms with Crippen molar-refractivity contribution in [2.45, 2.75) is 12.0 Å². The third-order valence-corrected chi connectivity index (χ3v) is 2.27. The van der Waals surface area contributed by atoms with Crippen molar-refractivity contribution in [1.29, 1.82) is 0 Å². The topological polar surface area (TPSA) is 52.3 Å². The fraction of sp³-hybridized carbons (Fsp3) is 0.250. The number of ether oxygens (including phenoxy) is 1. The minimum atomic E-state index is -1.14. The van der Waals surface area contributed by atoms with E-state index in [1.54, 1.807) is 0 Å². The Hall–Kier alpha value is -1.61. The van der Waals surface area contributed by atoms with Crippen LogP contribution < -0.4 is 5.73 Å². The summed E-state index contributed by atoms with van der Waals surface area (Å²) in [6.07, 6.45) is 1.82. The fourth-order valence-corrected chi connectivity index (χ4v) is 1.35. The lowest BCUT2D eigenvalue weighted by Gasteiger charge is -2.22. The molecule has 15 heavy (non-hydrogen) atoms. The molecular formula is C12H15NO2. The summed E-state index contributed by atoms with van der Waals surface area (Å²) in [6, 6.07) is 9.53. The number of carbonyl (C=O) groups excluding carboxylic acids is 1. The smallest absolute Gasteiger partial charge is 0.330 e. The maximum atomic E-state index is 11.5. The van der Waals surface area contributed by atoms with Crippen molar-refractivity contribution < 1.29 is 9.53 Å². The Bertz CT molecular complexity index is 348. The number of hydrogen-bond acceptors (Lipinski definition) is 3. The van der Waals surface area contributed by atoms with E-state index in [1.165, 1.54) is 13.2 Å². The van der Waals surface area contributed by atoms with Gasteiger partial charge in [0.2, 0.25) is 0 Å². The summed E-state index contributed by atoms with van der Waals surface area (Å²) in [6.45, 7) is 3.57. The van der Waals surface area contributed by atoms with Gasteiger partial charge < -0.3 is 10.5 Å². The predicted molar refractivity (Wildman–Crippen MR) is 59.3 cm³/mol. The van der Waals surface area contributed by atoms with Crippen molar-refractivity contribution in [3.8, 4) is 0 Å². The van der Waals surface area contributed by atoms with E-state index in [-0.39, 0.29) is 0 Å². The Morgan fingerprint density at radius 2 is 2.13 bits per heavy atom. The Kier molecular flexibility index (Phi) is 3.63. The first-order chi connectivity index (χ1) is 7.12. The van der Waals surface area contributed by atoms with Gasteiger partial charge in [-0.15, -0.1) is 6.58 Å². The van der Waals surface area contributed by atoms with E-state index in [0.717, 1.165) is 5.56 Å². The van der Waals surface area contributed by atoms with E-state index in [1.807, 2.05) is 30.3 Å². The standard InChI is InChI=1S/C12H15NO2/c1-3-12(13,11(14)15-2)9-10-7-5-4-6-8-10/h3-8H,1,9,13H2,2H3/t12-/m1/s1. The molecule has 0 fully saturated rings. The lowest BCUT2D eigenvalue weighted by atomic mass is 9.92. The molecule has 0 aromatic heterocycles. The van der Waals surface area contributed by atoms with Crippen molar-refractivity contribution in [1.82, 2.24) is 0 Å². The summed E-state index contributed by atoms with van der Waals surface area (Å²) in [7, 11) is 1.32. The van der Waals surface area contributed by atoms with Gasteiger partial charge in [-0.25, -0.2) is 4.79 Å². The van der Waals surface area contributed by atoms with Crippen molar-refractivity contribution in [2.24, 2.45) is 5.73 Å². The third-order valence-electron chi connectivity index (χ3n) is 2.27. The fourth-order valence-electron chi connectivity index (χ4n) is 1.35. The molecule has 1 aromatic carbocycles. The van der Waals surface area contributed by atoms with Gasteiger partial charge in [0.05, 0.1) is 7.11 Å². The van der Waals surface area contributed by atoms with Gasteiger partial charge in [0.1, 0.15) is 5.54 Å². The molecule has 0 unspecified atom stereocenters. The van der Waals surface area contributed by atoms with E-state index < -0.39 is 11.5 Å². The lowest BCUT2D eigenvalue weighted by Crippen LogP contribution is -2.48. The number of carbonyl (C=O) groups is 1. The average Bonchev–Trinajstić information content (AvgIpc) is 2.29. The number of rotatable bonds is 4. The van der Waals surface area contributed by atoms with Crippen LogP contribution in [0.3, 0.4) is 0 Å². The van der Waals surface area contributed by atoms with Gasteiger partial charge in [-0.2, -0.15) is 0 Å². The van der Waals surface area contributed by atoms with Crippen LogP contribution in [0, 0.1) is 0 Å². The zero-order valence-electron chi connectivity index (χ0n) is 8.77. The van der Waals surface area contributed by atoms with Gasteiger partial charge in [0.15, 0.2) is 0 Å². The molecule has 0 spiro atoms. The van der Waals surface area contributed by atoms with Crippen LogP contribution in [-0.2, 0) is 16.0 Å². The molecule has 3 nitrogen and oxygen atoms in total. The number of methoxy groups -OCH3 is 1. The van der Waals surface area contributed by atoms with Crippen molar-refractivity contribution in [2.75, 3.05) is 7.11 Å². The first-order valence-electron chi connectivity index (χ1n) is 4.67. The second-order valence-electron chi connectivity index (χ2n) is 3.40. The Morgan fingerprint density at radius 1 is 1.53 bits per heavy atom. The average molecular weight is 205 g/mol. The first-order valence-corrected chi connectivity index (χ1v) is 4.67. The second kappa shape index (κ2) is 4.75. The summed E-state index contributed by atoms with van der Waals surface area (Å²) in [5, 5.41) is 0. The summed E-state index contributed by atoms with van der Waals surface area (Å²) in [5.41, 5.74) is 5.73. The number of nitrogens with two attached hydrogens (primary N) is 1. The minimum absolute atomic E-state index is 0.393. The van der Waals surface area contributed by atoms with E-state index in [2.05, 4.69) is 11.3 Å². The molecule has 0 saturated carbocycles. The van der Waals surface area contributed by atoms with Gasteiger partial charge in [-0.3, -0.25) is 0 Å². The molecule has 0 bridgehead atoms. The van der Waals surface area contributed by atoms with Crippen LogP contribution in [0.5, 0.6) is 0 Å². The summed E-state index contributed by atoms with van der Waals surface area (Å²) in [5.74, 6) is -0.471. The summed E-state index contributed by atoms with van der Waals surface area (Å²) < 4.78 is 4.64.